The molecule has 0 radical (unpaired) electrons. The summed E-state index contributed by atoms with van der Waals surface area (Å²) in [7, 11) is 1.56. The highest BCUT2D eigenvalue weighted by Crippen LogP contribution is 2.29. The molecular weight excluding hydrogens is 256 g/mol. The van der Waals surface area contributed by atoms with Crippen molar-refractivity contribution in [2.75, 3.05) is 7.11 Å². The van der Waals surface area contributed by atoms with E-state index in [0.717, 1.165) is 5.56 Å². The number of oxime groups is 1. The van der Waals surface area contributed by atoms with Gasteiger partial charge in [0.1, 0.15) is 17.2 Å². The first-order chi connectivity index (χ1) is 9.63. The average Bonchev–Trinajstić information content (AvgIpc) is 2.46. The molecule has 0 fully saturated rings. The molecule has 104 valence electrons. The van der Waals surface area contributed by atoms with Crippen LogP contribution in [0.1, 0.15) is 11.1 Å². The Hall–Kier alpha value is -2.69. The number of rotatable bonds is 4. The zero-order valence-corrected chi connectivity index (χ0v) is 11.3. The number of aryl methyl sites for hydroxylation is 1. The molecule has 0 aliphatic rings. The summed E-state index contributed by atoms with van der Waals surface area (Å²) in [6, 6.07) is 12.7. The molecule has 0 bridgehead atoms. The molecule has 3 N–H and O–H groups in total. The van der Waals surface area contributed by atoms with Crippen molar-refractivity contribution in [1.29, 1.82) is 0 Å². The van der Waals surface area contributed by atoms with Crippen molar-refractivity contribution in [3.8, 4) is 17.2 Å². The number of hydrogen-bond donors (Lipinski definition) is 2. The van der Waals surface area contributed by atoms with Gasteiger partial charge in [-0.2, -0.15) is 0 Å². The second kappa shape index (κ2) is 5.97. The van der Waals surface area contributed by atoms with Crippen LogP contribution in [0.2, 0.25) is 0 Å². The Morgan fingerprint density at radius 3 is 2.60 bits per heavy atom. The lowest BCUT2D eigenvalue weighted by atomic mass is 10.1. The summed E-state index contributed by atoms with van der Waals surface area (Å²) in [4.78, 5) is 0. The van der Waals surface area contributed by atoms with Crippen LogP contribution >= 0.6 is 0 Å². The van der Waals surface area contributed by atoms with Gasteiger partial charge in [0, 0.05) is 6.07 Å². The van der Waals surface area contributed by atoms with Gasteiger partial charge < -0.3 is 20.4 Å². The number of nitrogens with two attached hydrogens (primary N) is 1. The summed E-state index contributed by atoms with van der Waals surface area (Å²) in [6.45, 7) is 1.98. The molecule has 0 atom stereocenters. The third-order valence-corrected chi connectivity index (χ3v) is 2.79. The molecule has 0 aliphatic carbocycles. The fraction of sp³-hybridized carbons (Fsp3) is 0.133. The van der Waals surface area contributed by atoms with Gasteiger partial charge in [0.2, 0.25) is 0 Å². The highest BCUT2D eigenvalue weighted by molar-refractivity contribution is 5.99. The van der Waals surface area contributed by atoms with Gasteiger partial charge in [0.25, 0.3) is 0 Å². The maximum atomic E-state index is 8.83. The van der Waals surface area contributed by atoms with Crippen LogP contribution in [0.25, 0.3) is 0 Å². The largest absolute Gasteiger partial charge is 0.497 e. The van der Waals surface area contributed by atoms with Crippen LogP contribution in [-0.2, 0) is 0 Å². The molecule has 0 aliphatic heterocycles. The molecule has 0 unspecified atom stereocenters. The van der Waals surface area contributed by atoms with E-state index in [0.29, 0.717) is 22.8 Å². The number of benzene rings is 2. The minimum absolute atomic E-state index is 0.0182. The van der Waals surface area contributed by atoms with Crippen LogP contribution in [0.3, 0.4) is 0 Å². The first kappa shape index (κ1) is 13.7. The molecule has 0 heterocycles. The first-order valence-electron chi connectivity index (χ1n) is 6.04. The summed E-state index contributed by atoms with van der Waals surface area (Å²) in [5.74, 6) is 1.74. The predicted molar refractivity (Wildman–Crippen MR) is 76.8 cm³/mol. The Morgan fingerprint density at radius 1 is 1.15 bits per heavy atom. The van der Waals surface area contributed by atoms with Crippen molar-refractivity contribution >= 4 is 5.84 Å². The fourth-order valence-corrected chi connectivity index (χ4v) is 1.79. The Balaban J connectivity index is 2.42. The van der Waals surface area contributed by atoms with E-state index in [1.807, 2.05) is 31.2 Å². The highest BCUT2D eigenvalue weighted by atomic mass is 16.5. The Labute approximate surface area is 117 Å². The van der Waals surface area contributed by atoms with E-state index in [2.05, 4.69) is 5.16 Å². The van der Waals surface area contributed by atoms with Crippen LogP contribution in [0.15, 0.2) is 47.6 Å². The van der Waals surface area contributed by atoms with Gasteiger partial charge in [0.05, 0.1) is 12.7 Å². The molecule has 0 saturated heterocycles. The van der Waals surface area contributed by atoms with Crippen molar-refractivity contribution in [3.05, 3.63) is 53.6 Å². The van der Waals surface area contributed by atoms with E-state index < -0.39 is 0 Å². The zero-order valence-electron chi connectivity index (χ0n) is 11.3. The highest BCUT2D eigenvalue weighted by Gasteiger charge is 2.11. The molecule has 2 aromatic carbocycles. The van der Waals surface area contributed by atoms with Gasteiger partial charge in [0.15, 0.2) is 5.84 Å². The number of hydrogen-bond acceptors (Lipinski definition) is 4. The van der Waals surface area contributed by atoms with Crippen molar-refractivity contribution < 1.29 is 14.7 Å². The molecule has 0 saturated carbocycles. The molecule has 0 aromatic heterocycles. The van der Waals surface area contributed by atoms with Crippen molar-refractivity contribution in [2.45, 2.75) is 6.92 Å². The van der Waals surface area contributed by atoms with E-state index in [1.54, 1.807) is 25.3 Å². The van der Waals surface area contributed by atoms with Gasteiger partial charge in [-0.3, -0.25) is 0 Å². The standard InChI is InChI=1S/C15H16N2O3/c1-10-4-3-5-12(8-10)20-14-9-11(19-2)6-7-13(14)15(16)17-18/h3-9,18H,1-2H3,(H2,16,17). The molecule has 0 amide bonds. The van der Waals surface area contributed by atoms with Gasteiger partial charge in [-0.05, 0) is 36.8 Å². The lowest BCUT2D eigenvalue weighted by molar-refractivity contribution is 0.318. The second-order valence-electron chi connectivity index (χ2n) is 4.27. The Morgan fingerprint density at radius 2 is 1.95 bits per heavy atom. The van der Waals surface area contributed by atoms with E-state index >= 15 is 0 Å². The van der Waals surface area contributed by atoms with Gasteiger partial charge in [-0.1, -0.05) is 17.3 Å². The molecule has 5 heteroatoms. The summed E-state index contributed by atoms with van der Waals surface area (Å²) in [5, 5.41) is 11.8. The molecule has 2 aromatic rings. The third-order valence-electron chi connectivity index (χ3n) is 2.79. The quantitative estimate of drug-likeness (QED) is 0.388. The number of amidine groups is 1. The van der Waals surface area contributed by atoms with E-state index in [4.69, 9.17) is 20.4 Å². The predicted octanol–water partition coefficient (Wildman–Crippen LogP) is 2.89. The van der Waals surface area contributed by atoms with E-state index in [1.165, 1.54) is 0 Å². The van der Waals surface area contributed by atoms with E-state index in [-0.39, 0.29) is 5.84 Å². The average molecular weight is 272 g/mol. The zero-order chi connectivity index (χ0) is 14.5. The number of methoxy groups -OCH3 is 1. The smallest absolute Gasteiger partial charge is 0.173 e. The minimum Gasteiger partial charge on any atom is -0.497 e. The molecular formula is C15H16N2O3. The van der Waals surface area contributed by atoms with Crippen molar-refractivity contribution in [1.82, 2.24) is 0 Å². The summed E-state index contributed by atoms with van der Waals surface area (Å²) in [5.41, 5.74) is 7.22. The maximum absolute atomic E-state index is 8.83. The van der Waals surface area contributed by atoms with Gasteiger partial charge in [-0.15, -0.1) is 0 Å². The van der Waals surface area contributed by atoms with Crippen LogP contribution in [0.4, 0.5) is 0 Å². The SMILES string of the molecule is COc1ccc(/C(N)=N/O)c(Oc2cccc(C)c2)c1. The van der Waals surface area contributed by atoms with Crippen LogP contribution in [-0.4, -0.2) is 18.2 Å². The van der Waals surface area contributed by atoms with Crippen LogP contribution in [0, 0.1) is 6.92 Å². The summed E-state index contributed by atoms with van der Waals surface area (Å²) >= 11 is 0. The Bertz CT molecular complexity index is 639. The molecule has 0 spiro atoms. The van der Waals surface area contributed by atoms with E-state index in [9.17, 15) is 0 Å². The van der Waals surface area contributed by atoms with Gasteiger partial charge in [-0.25, -0.2) is 0 Å². The number of nitrogens with zero attached hydrogens (tertiary/aromatic N) is 1. The third kappa shape index (κ3) is 3.00. The molecule has 5 nitrogen and oxygen atoms in total. The lowest BCUT2D eigenvalue weighted by Gasteiger charge is -2.12. The topological polar surface area (TPSA) is 77.1 Å². The molecule has 20 heavy (non-hydrogen) atoms. The normalized spacial score (nSPS) is 11.2. The lowest BCUT2D eigenvalue weighted by Crippen LogP contribution is -2.14. The monoisotopic (exact) mass is 272 g/mol. The number of ether oxygens (including phenoxy) is 2. The summed E-state index contributed by atoms with van der Waals surface area (Å²) < 4.78 is 11.0. The van der Waals surface area contributed by atoms with Crippen molar-refractivity contribution in [3.63, 3.8) is 0 Å². The van der Waals surface area contributed by atoms with Gasteiger partial charge >= 0.3 is 0 Å². The second-order valence-corrected chi connectivity index (χ2v) is 4.27. The van der Waals surface area contributed by atoms with Crippen LogP contribution < -0.4 is 15.2 Å². The first-order valence-corrected chi connectivity index (χ1v) is 6.04. The molecule has 2 rings (SSSR count). The Kier molecular flexibility index (Phi) is 4.10. The van der Waals surface area contributed by atoms with Crippen molar-refractivity contribution in [2.24, 2.45) is 10.9 Å². The summed E-state index contributed by atoms with van der Waals surface area (Å²) in [6.07, 6.45) is 0. The minimum atomic E-state index is -0.0182. The van der Waals surface area contributed by atoms with Crippen LogP contribution in [0.5, 0.6) is 17.2 Å². The fourth-order valence-electron chi connectivity index (χ4n) is 1.79. The maximum Gasteiger partial charge on any atom is 0.173 e.